The van der Waals surface area contributed by atoms with Gasteiger partial charge in [0, 0.05) is 12.4 Å². The van der Waals surface area contributed by atoms with Crippen molar-refractivity contribution < 1.29 is 0 Å². The average molecular weight is 186 g/mol. The molecule has 2 rings (SSSR count). The molecule has 0 amide bonds. The molecule has 2 aromatic heterocycles. The monoisotopic (exact) mass is 186 g/mol. The first-order chi connectivity index (χ1) is 6.84. The Morgan fingerprint density at radius 1 is 1.21 bits per heavy atom. The lowest BCUT2D eigenvalue weighted by atomic mass is 10.2. The van der Waals surface area contributed by atoms with Gasteiger partial charge in [0.1, 0.15) is 5.82 Å². The third kappa shape index (κ3) is 2.10. The molecule has 0 saturated heterocycles. The van der Waals surface area contributed by atoms with Gasteiger partial charge < -0.3 is 0 Å². The molecule has 2 aromatic rings. The van der Waals surface area contributed by atoms with E-state index in [0.29, 0.717) is 6.42 Å². The van der Waals surface area contributed by atoms with Crippen LogP contribution < -0.4 is 0 Å². The predicted octanol–water partition coefficient (Wildman–Crippen LogP) is 1.17. The van der Waals surface area contributed by atoms with Crippen molar-refractivity contribution in [2.75, 3.05) is 0 Å². The summed E-state index contributed by atoms with van der Waals surface area (Å²) < 4.78 is 0. The summed E-state index contributed by atoms with van der Waals surface area (Å²) in [6, 6.07) is 3.79. The van der Waals surface area contributed by atoms with E-state index < -0.39 is 0 Å². The van der Waals surface area contributed by atoms with Crippen molar-refractivity contribution in [3.63, 3.8) is 0 Å². The summed E-state index contributed by atoms with van der Waals surface area (Å²) in [6.45, 7) is 1.99. The molecule has 4 nitrogen and oxygen atoms in total. The van der Waals surface area contributed by atoms with E-state index >= 15 is 0 Å². The Kier molecular flexibility index (Phi) is 2.44. The van der Waals surface area contributed by atoms with Crippen molar-refractivity contribution >= 4 is 0 Å². The molecule has 2 heterocycles. The second-order valence-corrected chi connectivity index (χ2v) is 3.07. The van der Waals surface area contributed by atoms with Crippen molar-refractivity contribution in [1.29, 1.82) is 0 Å². The van der Waals surface area contributed by atoms with Crippen LogP contribution in [-0.4, -0.2) is 20.2 Å². The van der Waals surface area contributed by atoms with E-state index in [9.17, 15) is 0 Å². The highest BCUT2D eigenvalue weighted by Crippen LogP contribution is 2.02. The van der Waals surface area contributed by atoms with Crippen molar-refractivity contribution in [1.82, 2.24) is 20.2 Å². The van der Waals surface area contributed by atoms with E-state index in [1.165, 1.54) is 0 Å². The molecule has 0 aliphatic rings. The minimum Gasteiger partial charge on any atom is -0.241 e. The van der Waals surface area contributed by atoms with Crippen molar-refractivity contribution in [2.45, 2.75) is 13.3 Å². The normalized spacial score (nSPS) is 10.1. The molecule has 0 fully saturated rings. The summed E-state index contributed by atoms with van der Waals surface area (Å²) in [5, 5.41) is 7.88. The molecule has 0 saturated carbocycles. The zero-order valence-electron chi connectivity index (χ0n) is 7.88. The summed E-state index contributed by atoms with van der Waals surface area (Å²) in [6.07, 6.45) is 5.82. The highest BCUT2D eigenvalue weighted by atomic mass is 15.1. The lowest BCUT2D eigenvalue weighted by molar-refractivity contribution is 0.877. The Morgan fingerprint density at radius 2 is 2.00 bits per heavy atom. The largest absolute Gasteiger partial charge is 0.241 e. The summed E-state index contributed by atoms with van der Waals surface area (Å²) in [4.78, 5) is 8.25. The average Bonchev–Trinajstić information content (AvgIpc) is 2.19. The van der Waals surface area contributed by atoms with Crippen LogP contribution >= 0.6 is 0 Å². The number of nitrogens with zero attached hydrogens (tertiary/aromatic N) is 4. The number of aryl methyl sites for hydroxylation is 1. The van der Waals surface area contributed by atoms with Crippen LogP contribution in [0.3, 0.4) is 0 Å². The molecule has 0 bridgehead atoms. The van der Waals surface area contributed by atoms with Crippen molar-refractivity contribution in [3.05, 3.63) is 47.8 Å². The molecule has 0 radical (unpaired) electrons. The van der Waals surface area contributed by atoms with E-state index in [-0.39, 0.29) is 0 Å². The van der Waals surface area contributed by atoms with Gasteiger partial charge in [-0.1, -0.05) is 0 Å². The maximum absolute atomic E-state index is 4.12. The van der Waals surface area contributed by atoms with Gasteiger partial charge >= 0.3 is 0 Å². The van der Waals surface area contributed by atoms with Crippen LogP contribution in [-0.2, 0) is 6.42 Å². The summed E-state index contributed by atoms with van der Waals surface area (Å²) in [7, 11) is 0. The second-order valence-electron chi connectivity index (χ2n) is 3.07. The fourth-order valence-electron chi connectivity index (χ4n) is 1.19. The Hall–Kier alpha value is -1.84. The smallest absolute Gasteiger partial charge is 0.134 e. The van der Waals surface area contributed by atoms with Crippen molar-refractivity contribution in [2.24, 2.45) is 0 Å². The van der Waals surface area contributed by atoms with Crippen molar-refractivity contribution in [3.8, 4) is 0 Å². The van der Waals surface area contributed by atoms with Crippen LogP contribution in [0.1, 0.15) is 17.1 Å². The lowest BCUT2D eigenvalue weighted by Gasteiger charge is -1.98. The van der Waals surface area contributed by atoms with E-state index in [1.54, 1.807) is 24.7 Å². The number of hydrogen-bond donors (Lipinski definition) is 0. The van der Waals surface area contributed by atoms with E-state index in [1.807, 2.05) is 13.0 Å². The van der Waals surface area contributed by atoms with Crippen LogP contribution in [0.5, 0.6) is 0 Å². The summed E-state index contributed by atoms with van der Waals surface area (Å²) in [5.41, 5.74) is 2.00. The van der Waals surface area contributed by atoms with Gasteiger partial charge in [-0.05, 0) is 24.6 Å². The minimum atomic E-state index is 0.634. The molecule has 0 atom stereocenters. The molecule has 4 heteroatoms. The maximum atomic E-state index is 4.12. The van der Waals surface area contributed by atoms with Gasteiger partial charge in [0.15, 0.2) is 0 Å². The number of hydrogen-bond acceptors (Lipinski definition) is 4. The standard InChI is InChI=1S/C10H10N4/c1-8-5-9(14-13-7-8)6-10-11-3-2-4-12-10/h2-5,7H,6H2,1H3. The Balaban J connectivity index is 2.19. The summed E-state index contributed by atoms with van der Waals surface area (Å²) in [5.74, 6) is 0.771. The predicted molar refractivity (Wildman–Crippen MR) is 51.6 cm³/mol. The first kappa shape index (κ1) is 8.74. The molecule has 0 aliphatic heterocycles. The van der Waals surface area contributed by atoms with Gasteiger partial charge in [-0.15, -0.1) is 0 Å². The Bertz CT molecular complexity index is 413. The van der Waals surface area contributed by atoms with E-state index in [4.69, 9.17) is 0 Å². The zero-order chi connectivity index (χ0) is 9.80. The van der Waals surface area contributed by atoms with Crippen LogP contribution in [0, 0.1) is 6.92 Å². The molecular formula is C10H10N4. The quantitative estimate of drug-likeness (QED) is 0.706. The van der Waals surface area contributed by atoms with Crippen LogP contribution in [0.25, 0.3) is 0 Å². The fraction of sp³-hybridized carbons (Fsp3) is 0.200. The van der Waals surface area contributed by atoms with Gasteiger partial charge in [-0.25, -0.2) is 9.97 Å². The molecule has 0 unspecified atom stereocenters. The Morgan fingerprint density at radius 3 is 2.71 bits per heavy atom. The highest BCUT2D eigenvalue weighted by Gasteiger charge is 1.99. The van der Waals surface area contributed by atoms with Gasteiger partial charge in [0.05, 0.1) is 18.3 Å². The van der Waals surface area contributed by atoms with Gasteiger partial charge in [0.2, 0.25) is 0 Å². The third-order valence-electron chi connectivity index (χ3n) is 1.80. The SMILES string of the molecule is Cc1cnnc(Cc2ncccn2)c1. The van der Waals surface area contributed by atoms with Crippen LogP contribution in [0.15, 0.2) is 30.7 Å². The Labute approximate surface area is 82.1 Å². The molecule has 70 valence electrons. The fourth-order valence-corrected chi connectivity index (χ4v) is 1.19. The summed E-state index contributed by atoms with van der Waals surface area (Å²) >= 11 is 0. The molecule has 0 aliphatic carbocycles. The molecule has 14 heavy (non-hydrogen) atoms. The topological polar surface area (TPSA) is 51.6 Å². The maximum Gasteiger partial charge on any atom is 0.134 e. The molecular weight excluding hydrogens is 176 g/mol. The van der Waals surface area contributed by atoms with Gasteiger partial charge in [-0.3, -0.25) is 0 Å². The third-order valence-corrected chi connectivity index (χ3v) is 1.80. The van der Waals surface area contributed by atoms with Gasteiger partial charge in [0.25, 0.3) is 0 Å². The highest BCUT2D eigenvalue weighted by molar-refractivity contribution is 5.13. The zero-order valence-corrected chi connectivity index (χ0v) is 7.88. The number of rotatable bonds is 2. The molecule has 0 N–H and O–H groups in total. The first-order valence-corrected chi connectivity index (χ1v) is 4.39. The van der Waals surface area contributed by atoms with E-state index in [0.717, 1.165) is 17.1 Å². The van der Waals surface area contributed by atoms with E-state index in [2.05, 4.69) is 20.2 Å². The molecule has 0 aromatic carbocycles. The number of aromatic nitrogens is 4. The first-order valence-electron chi connectivity index (χ1n) is 4.39. The van der Waals surface area contributed by atoms with Crippen LogP contribution in [0.2, 0.25) is 0 Å². The lowest BCUT2D eigenvalue weighted by Crippen LogP contribution is -1.99. The van der Waals surface area contributed by atoms with Gasteiger partial charge in [-0.2, -0.15) is 10.2 Å². The van der Waals surface area contributed by atoms with Crippen LogP contribution in [0.4, 0.5) is 0 Å². The molecule has 0 spiro atoms. The minimum absolute atomic E-state index is 0.634. The second kappa shape index (κ2) is 3.91.